The van der Waals surface area contributed by atoms with E-state index in [1.807, 2.05) is 37.3 Å². The van der Waals surface area contributed by atoms with Gasteiger partial charge in [0.15, 0.2) is 5.16 Å². The summed E-state index contributed by atoms with van der Waals surface area (Å²) in [6.45, 7) is 4.62. The number of nitrogens with one attached hydrogen (secondary N) is 2. The van der Waals surface area contributed by atoms with Gasteiger partial charge in [-0.25, -0.2) is 9.89 Å². The van der Waals surface area contributed by atoms with Gasteiger partial charge >= 0.3 is 5.69 Å². The van der Waals surface area contributed by atoms with Crippen LogP contribution in [0, 0.1) is 0 Å². The standard InChI is InChI=1S/C17H24N4O2S/c1-3-7-13(2)18-15(22)12-24-17-20-19-16(23)21(17)11-10-14-8-5-4-6-9-14/h4-6,8-9,13H,3,7,10-12H2,1-2H3,(H,18,22)(H,19,23)/t13-/m1/s1. The van der Waals surface area contributed by atoms with Crippen LogP contribution in [0.3, 0.4) is 0 Å². The van der Waals surface area contributed by atoms with Crippen molar-refractivity contribution in [2.45, 2.75) is 50.9 Å². The van der Waals surface area contributed by atoms with Crippen molar-refractivity contribution in [3.8, 4) is 0 Å². The van der Waals surface area contributed by atoms with Crippen molar-refractivity contribution in [1.29, 1.82) is 0 Å². The van der Waals surface area contributed by atoms with E-state index in [9.17, 15) is 9.59 Å². The van der Waals surface area contributed by atoms with E-state index in [1.165, 1.54) is 11.8 Å². The lowest BCUT2D eigenvalue weighted by molar-refractivity contribution is -0.119. The lowest BCUT2D eigenvalue weighted by Crippen LogP contribution is -2.33. The highest BCUT2D eigenvalue weighted by Crippen LogP contribution is 2.13. The molecule has 0 aliphatic rings. The second-order valence-corrected chi connectivity index (χ2v) is 6.69. The molecule has 7 heteroatoms. The van der Waals surface area contributed by atoms with E-state index in [0.717, 1.165) is 24.8 Å². The lowest BCUT2D eigenvalue weighted by atomic mass is 10.1. The molecule has 1 amide bonds. The number of hydrogen-bond donors (Lipinski definition) is 2. The largest absolute Gasteiger partial charge is 0.353 e. The molecular formula is C17H24N4O2S. The average Bonchev–Trinajstić information content (AvgIpc) is 2.92. The molecule has 0 aliphatic heterocycles. The fourth-order valence-corrected chi connectivity index (χ4v) is 3.23. The molecule has 0 radical (unpaired) electrons. The minimum atomic E-state index is -0.242. The lowest BCUT2D eigenvalue weighted by Gasteiger charge is -2.12. The SMILES string of the molecule is CCC[C@@H](C)NC(=O)CSc1n[nH]c(=O)n1CCc1ccccc1. The van der Waals surface area contributed by atoms with Gasteiger partial charge in [0.2, 0.25) is 5.91 Å². The molecule has 0 bridgehead atoms. The minimum absolute atomic E-state index is 0.0361. The van der Waals surface area contributed by atoms with Crippen LogP contribution in [-0.2, 0) is 17.8 Å². The van der Waals surface area contributed by atoms with Gasteiger partial charge in [0, 0.05) is 12.6 Å². The summed E-state index contributed by atoms with van der Waals surface area (Å²) in [6, 6.07) is 10.1. The maximum atomic E-state index is 11.9. The number of aryl methyl sites for hydroxylation is 1. The van der Waals surface area contributed by atoms with E-state index in [4.69, 9.17) is 0 Å². The second-order valence-electron chi connectivity index (χ2n) is 5.74. The first-order chi connectivity index (χ1) is 11.6. The van der Waals surface area contributed by atoms with Gasteiger partial charge < -0.3 is 5.32 Å². The van der Waals surface area contributed by atoms with Crippen LogP contribution in [0.2, 0.25) is 0 Å². The monoisotopic (exact) mass is 348 g/mol. The number of nitrogens with zero attached hydrogens (tertiary/aromatic N) is 2. The maximum Gasteiger partial charge on any atom is 0.343 e. The Bertz CT molecular complexity index is 696. The Labute approximate surface area is 146 Å². The third-order valence-electron chi connectivity index (χ3n) is 3.65. The number of rotatable bonds is 9. The molecule has 0 unspecified atom stereocenters. The number of carbonyl (C=O) groups excluding carboxylic acids is 1. The summed E-state index contributed by atoms with van der Waals surface area (Å²) < 4.78 is 1.58. The second kappa shape index (κ2) is 9.32. The van der Waals surface area contributed by atoms with Crippen LogP contribution in [0.15, 0.2) is 40.3 Å². The first kappa shape index (κ1) is 18.3. The van der Waals surface area contributed by atoms with E-state index in [0.29, 0.717) is 11.7 Å². The first-order valence-electron chi connectivity index (χ1n) is 8.21. The fraction of sp³-hybridized carbons (Fsp3) is 0.471. The van der Waals surface area contributed by atoms with E-state index in [2.05, 4.69) is 22.4 Å². The van der Waals surface area contributed by atoms with Crippen molar-refractivity contribution >= 4 is 17.7 Å². The van der Waals surface area contributed by atoms with Crippen LogP contribution in [-0.4, -0.2) is 32.5 Å². The molecule has 1 heterocycles. The number of thioether (sulfide) groups is 1. The molecule has 24 heavy (non-hydrogen) atoms. The van der Waals surface area contributed by atoms with Gasteiger partial charge in [-0.15, -0.1) is 5.10 Å². The summed E-state index contributed by atoms with van der Waals surface area (Å²) in [5, 5.41) is 9.99. The molecule has 1 atom stereocenters. The Balaban J connectivity index is 1.90. The zero-order valence-electron chi connectivity index (χ0n) is 14.1. The summed E-state index contributed by atoms with van der Waals surface area (Å²) in [5.41, 5.74) is 0.917. The maximum absolute atomic E-state index is 11.9. The van der Waals surface area contributed by atoms with Crippen LogP contribution in [0.1, 0.15) is 32.3 Å². The van der Waals surface area contributed by atoms with Gasteiger partial charge in [0.05, 0.1) is 5.75 Å². The quantitative estimate of drug-likeness (QED) is 0.681. The van der Waals surface area contributed by atoms with E-state index >= 15 is 0 Å². The molecule has 2 aromatic rings. The fourth-order valence-electron chi connectivity index (χ4n) is 2.45. The number of hydrogen-bond acceptors (Lipinski definition) is 4. The predicted octanol–water partition coefficient (Wildman–Crippen LogP) is 2.21. The Morgan fingerprint density at radius 1 is 1.38 bits per heavy atom. The van der Waals surface area contributed by atoms with E-state index in [-0.39, 0.29) is 23.4 Å². The third kappa shape index (κ3) is 5.56. The number of H-pyrrole nitrogens is 1. The highest BCUT2D eigenvalue weighted by atomic mass is 32.2. The Morgan fingerprint density at radius 2 is 2.12 bits per heavy atom. The number of benzene rings is 1. The Hall–Kier alpha value is -2.02. The topological polar surface area (TPSA) is 79.8 Å². The molecule has 130 valence electrons. The molecule has 0 saturated heterocycles. The molecule has 2 rings (SSSR count). The molecule has 0 aliphatic carbocycles. The number of aromatic amines is 1. The smallest absolute Gasteiger partial charge is 0.343 e. The van der Waals surface area contributed by atoms with Crippen molar-refractivity contribution in [1.82, 2.24) is 20.1 Å². The van der Waals surface area contributed by atoms with Crippen LogP contribution >= 0.6 is 11.8 Å². The van der Waals surface area contributed by atoms with Gasteiger partial charge in [-0.2, -0.15) is 0 Å². The summed E-state index contributed by atoms with van der Waals surface area (Å²) >= 11 is 1.28. The zero-order valence-corrected chi connectivity index (χ0v) is 14.9. The van der Waals surface area contributed by atoms with Crippen LogP contribution in [0.4, 0.5) is 0 Å². The predicted molar refractivity (Wildman–Crippen MR) is 96.2 cm³/mol. The number of carbonyl (C=O) groups is 1. The highest BCUT2D eigenvalue weighted by Gasteiger charge is 2.12. The molecule has 0 spiro atoms. The molecular weight excluding hydrogens is 324 g/mol. The van der Waals surface area contributed by atoms with Gasteiger partial charge in [-0.1, -0.05) is 55.4 Å². The molecule has 2 N–H and O–H groups in total. The molecule has 1 aromatic heterocycles. The van der Waals surface area contributed by atoms with Crippen molar-refractivity contribution in [2.24, 2.45) is 0 Å². The molecule has 0 saturated carbocycles. The average molecular weight is 348 g/mol. The number of aromatic nitrogens is 3. The summed E-state index contributed by atoms with van der Waals surface area (Å²) in [4.78, 5) is 23.8. The molecule has 1 aromatic carbocycles. The van der Waals surface area contributed by atoms with Crippen molar-refractivity contribution < 1.29 is 4.79 Å². The summed E-state index contributed by atoms with van der Waals surface area (Å²) in [6.07, 6.45) is 2.74. The molecule has 6 nitrogen and oxygen atoms in total. The van der Waals surface area contributed by atoms with Crippen molar-refractivity contribution in [3.63, 3.8) is 0 Å². The van der Waals surface area contributed by atoms with Gasteiger partial charge in [-0.3, -0.25) is 9.36 Å². The zero-order chi connectivity index (χ0) is 17.4. The highest BCUT2D eigenvalue weighted by molar-refractivity contribution is 7.99. The Kier molecular flexibility index (Phi) is 7.11. The minimum Gasteiger partial charge on any atom is -0.353 e. The molecule has 0 fully saturated rings. The van der Waals surface area contributed by atoms with Gasteiger partial charge in [0.25, 0.3) is 0 Å². The van der Waals surface area contributed by atoms with Crippen molar-refractivity contribution in [2.75, 3.05) is 5.75 Å². The van der Waals surface area contributed by atoms with Gasteiger partial charge in [-0.05, 0) is 25.3 Å². The van der Waals surface area contributed by atoms with E-state index < -0.39 is 0 Å². The van der Waals surface area contributed by atoms with Crippen LogP contribution in [0.5, 0.6) is 0 Å². The summed E-state index contributed by atoms with van der Waals surface area (Å²) in [5.74, 6) is 0.218. The number of amides is 1. The van der Waals surface area contributed by atoms with E-state index in [1.54, 1.807) is 4.57 Å². The Morgan fingerprint density at radius 3 is 2.83 bits per heavy atom. The van der Waals surface area contributed by atoms with Gasteiger partial charge in [0.1, 0.15) is 0 Å². The van der Waals surface area contributed by atoms with Crippen LogP contribution in [0.25, 0.3) is 0 Å². The third-order valence-corrected chi connectivity index (χ3v) is 4.63. The summed E-state index contributed by atoms with van der Waals surface area (Å²) in [7, 11) is 0. The van der Waals surface area contributed by atoms with Crippen molar-refractivity contribution in [3.05, 3.63) is 46.4 Å². The normalized spacial score (nSPS) is 12.1. The first-order valence-corrected chi connectivity index (χ1v) is 9.20. The van der Waals surface area contributed by atoms with Crippen LogP contribution < -0.4 is 11.0 Å².